The van der Waals surface area contributed by atoms with Crippen molar-refractivity contribution >= 4 is 11.8 Å². The second kappa shape index (κ2) is 7.27. The zero-order chi connectivity index (χ0) is 12.7. The summed E-state index contributed by atoms with van der Waals surface area (Å²) in [5.41, 5.74) is 10.8. The minimum absolute atomic E-state index is 0.169. The number of rotatable bonds is 6. The van der Waals surface area contributed by atoms with E-state index in [1.807, 2.05) is 0 Å². The van der Waals surface area contributed by atoms with E-state index in [1.54, 1.807) is 0 Å². The van der Waals surface area contributed by atoms with Gasteiger partial charge in [0, 0.05) is 13.0 Å². The Hall–Kier alpha value is -1.10. The monoisotopic (exact) mass is 241 g/mol. The van der Waals surface area contributed by atoms with Gasteiger partial charge in [0.05, 0.1) is 6.04 Å². The fourth-order valence-electron chi connectivity index (χ4n) is 2.33. The first kappa shape index (κ1) is 14.0. The fraction of sp³-hybridized carbons (Fsp3) is 0.833. The summed E-state index contributed by atoms with van der Waals surface area (Å²) in [4.78, 5) is 22.1. The normalized spacial score (nSPS) is 18.6. The number of nitrogens with one attached hydrogen (secondary N) is 1. The van der Waals surface area contributed by atoms with Gasteiger partial charge in [-0.2, -0.15) is 0 Å². The lowest BCUT2D eigenvalue weighted by atomic mass is 9.85. The molecule has 0 saturated heterocycles. The molecule has 0 aliphatic heterocycles. The minimum Gasteiger partial charge on any atom is -0.370 e. The molecule has 1 aliphatic carbocycles. The Morgan fingerprint density at radius 3 is 2.47 bits per heavy atom. The first-order valence-electron chi connectivity index (χ1n) is 6.41. The summed E-state index contributed by atoms with van der Waals surface area (Å²) in [6.45, 7) is 0.284. The maximum atomic E-state index is 11.6. The van der Waals surface area contributed by atoms with Crippen molar-refractivity contribution in [2.24, 2.45) is 17.4 Å². The minimum atomic E-state index is -0.453. The van der Waals surface area contributed by atoms with E-state index in [2.05, 4.69) is 5.32 Å². The molecule has 2 amide bonds. The van der Waals surface area contributed by atoms with Crippen LogP contribution in [0.15, 0.2) is 0 Å². The van der Waals surface area contributed by atoms with Crippen LogP contribution in [0.1, 0.15) is 44.9 Å². The Bertz CT molecular complexity index is 262. The zero-order valence-electron chi connectivity index (χ0n) is 10.3. The summed E-state index contributed by atoms with van der Waals surface area (Å²) >= 11 is 0. The fourth-order valence-corrected chi connectivity index (χ4v) is 2.33. The van der Waals surface area contributed by atoms with E-state index in [0.29, 0.717) is 5.92 Å². The smallest absolute Gasteiger partial charge is 0.236 e. The van der Waals surface area contributed by atoms with Crippen LogP contribution in [0, 0.1) is 5.92 Å². The number of primary amides is 1. The molecule has 1 saturated carbocycles. The molecule has 17 heavy (non-hydrogen) atoms. The molecule has 98 valence electrons. The summed E-state index contributed by atoms with van der Waals surface area (Å²) in [6.07, 6.45) is 7.09. The van der Waals surface area contributed by atoms with Gasteiger partial charge in [-0.15, -0.1) is 0 Å². The predicted molar refractivity (Wildman–Crippen MR) is 66.0 cm³/mol. The number of carbonyl (C=O) groups excluding carboxylic acids is 2. The van der Waals surface area contributed by atoms with E-state index in [1.165, 1.54) is 32.1 Å². The highest BCUT2D eigenvalue weighted by atomic mass is 16.2. The van der Waals surface area contributed by atoms with Gasteiger partial charge in [-0.05, 0) is 12.3 Å². The van der Waals surface area contributed by atoms with E-state index in [4.69, 9.17) is 11.5 Å². The van der Waals surface area contributed by atoms with Crippen LogP contribution in [-0.2, 0) is 9.59 Å². The van der Waals surface area contributed by atoms with Crippen LogP contribution in [0.25, 0.3) is 0 Å². The Labute approximate surface area is 102 Å². The van der Waals surface area contributed by atoms with Gasteiger partial charge >= 0.3 is 0 Å². The van der Waals surface area contributed by atoms with Crippen molar-refractivity contribution in [3.63, 3.8) is 0 Å². The van der Waals surface area contributed by atoms with Crippen molar-refractivity contribution in [3.05, 3.63) is 0 Å². The van der Waals surface area contributed by atoms with Crippen LogP contribution in [0.2, 0.25) is 0 Å². The highest BCUT2D eigenvalue weighted by molar-refractivity contribution is 5.82. The molecule has 1 atom stereocenters. The SMILES string of the molecule is NC(=O)CCNC(=O)C(N)CC1CCCCC1. The molecule has 1 unspecified atom stereocenters. The summed E-state index contributed by atoms with van der Waals surface area (Å²) < 4.78 is 0. The van der Waals surface area contributed by atoms with E-state index >= 15 is 0 Å². The van der Waals surface area contributed by atoms with Crippen molar-refractivity contribution in [3.8, 4) is 0 Å². The average molecular weight is 241 g/mol. The number of hydrogen-bond acceptors (Lipinski definition) is 3. The van der Waals surface area contributed by atoms with E-state index in [-0.39, 0.29) is 18.9 Å². The van der Waals surface area contributed by atoms with Crippen molar-refractivity contribution in [1.29, 1.82) is 0 Å². The van der Waals surface area contributed by atoms with Crippen molar-refractivity contribution in [1.82, 2.24) is 5.32 Å². The number of carbonyl (C=O) groups is 2. The number of nitrogens with two attached hydrogens (primary N) is 2. The number of hydrogen-bond donors (Lipinski definition) is 3. The molecule has 0 bridgehead atoms. The van der Waals surface area contributed by atoms with Gasteiger partial charge in [0.15, 0.2) is 0 Å². The third-order valence-corrected chi connectivity index (χ3v) is 3.32. The molecule has 0 aromatic rings. The number of amides is 2. The largest absolute Gasteiger partial charge is 0.370 e. The Morgan fingerprint density at radius 2 is 1.88 bits per heavy atom. The van der Waals surface area contributed by atoms with E-state index < -0.39 is 11.9 Å². The van der Waals surface area contributed by atoms with Gasteiger partial charge in [-0.1, -0.05) is 32.1 Å². The molecule has 1 aliphatic rings. The van der Waals surface area contributed by atoms with Crippen molar-refractivity contribution in [2.75, 3.05) is 6.54 Å². The van der Waals surface area contributed by atoms with E-state index in [9.17, 15) is 9.59 Å². The lowest BCUT2D eigenvalue weighted by molar-refractivity contribution is -0.123. The summed E-state index contributed by atoms with van der Waals surface area (Å²) in [5, 5.41) is 2.64. The first-order valence-corrected chi connectivity index (χ1v) is 6.41. The standard InChI is InChI=1S/C12H23N3O2/c13-10(8-9-4-2-1-3-5-9)12(17)15-7-6-11(14)16/h9-10H,1-8,13H2,(H2,14,16)(H,15,17). The highest BCUT2D eigenvalue weighted by Gasteiger charge is 2.20. The molecule has 0 aromatic heterocycles. The lowest BCUT2D eigenvalue weighted by Gasteiger charge is -2.24. The third-order valence-electron chi connectivity index (χ3n) is 3.32. The molecule has 5 N–H and O–H groups in total. The molecule has 0 heterocycles. The molecule has 5 heteroatoms. The first-order chi connectivity index (χ1) is 8.09. The van der Waals surface area contributed by atoms with Gasteiger partial charge < -0.3 is 16.8 Å². The van der Waals surface area contributed by atoms with Crippen LogP contribution in [0.5, 0.6) is 0 Å². The quantitative estimate of drug-likeness (QED) is 0.622. The topological polar surface area (TPSA) is 98.2 Å². The molecular formula is C12H23N3O2. The summed E-state index contributed by atoms with van der Waals surface area (Å²) in [6, 6.07) is -0.453. The van der Waals surface area contributed by atoms with Gasteiger partial charge in [0.2, 0.25) is 11.8 Å². The highest BCUT2D eigenvalue weighted by Crippen LogP contribution is 2.26. The molecule has 1 rings (SSSR count). The second-order valence-electron chi connectivity index (χ2n) is 4.85. The van der Waals surface area contributed by atoms with Crippen LogP contribution in [0.4, 0.5) is 0 Å². The van der Waals surface area contributed by atoms with Crippen LogP contribution in [-0.4, -0.2) is 24.4 Å². The van der Waals surface area contributed by atoms with Crippen molar-refractivity contribution in [2.45, 2.75) is 51.0 Å². The molecular weight excluding hydrogens is 218 g/mol. The van der Waals surface area contributed by atoms with Crippen LogP contribution in [0.3, 0.4) is 0 Å². The maximum Gasteiger partial charge on any atom is 0.236 e. The second-order valence-corrected chi connectivity index (χ2v) is 4.85. The third kappa shape index (κ3) is 5.68. The zero-order valence-corrected chi connectivity index (χ0v) is 10.3. The summed E-state index contributed by atoms with van der Waals surface area (Å²) in [7, 11) is 0. The molecule has 0 radical (unpaired) electrons. The van der Waals surface area contributed by atoms with E-state index in [0.717, 1.165) is 6.42 Å². The van der Waals surface area contributed by atoms with Gasteiger partial charge in [0.1, 0.15) is 0 Å². The van der Waals surface area contributed by atoms with Gasteiger partial charge in [0.25, 0.3) is 0 Å². The molecule has 5 nitrogen and oxygen atoms in total. The molecule has 0 aromatic carbocycles. The molecule has 1 fully saturated rings. The van der Waals surface area contributed by atoms with Crippen LogP contribution < -0.4 is 16.8 Å². The molecule has 0 spiro atoms. The Balaban J connectivity index is 2.18. The van der Waals surface area contributed by atoms with Gasteiger partial charge in [-0.3, -0.25) is 9.59 Å². The average Bonchev–Trinajstić information content (AvgIpc) is 2.29. The predicted octanol–water partition coefficient (Wildman–Crippen LogP) is 0.276. The van der Waals surface area contributed by atoms with Gasteiger partial charge in [-0.25, -0.2) is 0 Å². The maximum absolute atomic E-state index is 11.6. The summed E-state index contributed by atoms with van der Waals surface area (Å²) in [5.74, 6) is 0.00335. The van der Waals surface area contributed by atoms with Crippen molar-refractivity contribution < 1.29 is 9.59 Å². The Morgan fingerprint density at radius 1 is 1.24 bits per heavy atom. The Kier molecular flexibility index (Phi) is 5.97. The van der Waals surface area contributed by atoms with Crippen LogP contribution >= 0.6 is 0 Å². The lowest BCUT2D eigenvalue weighted by Crippen LogP contribution is -2.42.